The van der Waals surface area contributed by atoms with Gasteiger partial charge in [-0.3, -0.25) is 9.69 Å². The van der Waals surface area contributed by atoms with Crippen LogP contribution in [0.15, 0.2) is 109 Å². The number of nitrogens with one attached hydrogen (secondary N) is 1. The van der Waals surface area contributed by atoms with Gasteiger partial charge < -0.3 is 10.4 Å². The molecule has 0 radical (unpaired) electrons. The molecule has 0 aliphatic rings. The van der Waals surface area contributed by atoms with Crippen LogP contribution in [0.3, 0.4) is 0 Å². The van der Waals surface area contributed by atoms with Gasteiger partial charge in [0, 0.05) is 25.2 Å². The molecule has 0 saturated heterocycles. The molecule has 0 bridgehead atoms. The second kappa shape index (κ2) is 14.3. The number of carbonyl (C=O) groups is 2. The summed E-state index contributed by atoms with van der Waals surface area (Å²) < 4.78 is 0. The lowest BCUT2D eigenvalue weighted by Crippen LogP contribution is -2.41. The molecule has 39 heavy (non-hydrogen) atoms. The van der Waals surface area contributed by atoms with Crippen molar-refractivity contribution in [3.63, 3.8) is 0 Å². The number of thioether (sulfide) groups is 1. The Hall–Kier alpha value is -3.87. The molecule has 2 N–H and O–H groups in total. The molecule has 0 aromatic heterocycles. The van der Waals surface area contributed by atoms with E-state index in [2.05, 4.69) is 64.8 Å². The van der Waals surface area contributed by atoms with Crippen LogP contribution in [0.1, 0.15) is 33.5 Å². The number of amides is 1. The van der Waals surface area contributed by atoms with Crippen molar-refractivity contribution < 1.29 is 14.7 Å². The Labute approximate surface area is 234 Å². The number of carboxylic acids is 1. The topological polar surface area (TPSA) is 69.6 Å². The molecule has 6 heteroatoms. The lowest BCUT2D eigenvalue weighted by Gasteiger charge is -2.24. The predicted molar refractivity (Wildman–Crippen MR) is 160 cm³/mol. The van der Waals surface area contributed by atoms with E-state index in [-0.39, 0.29) is 5.91 Å². The van der Waals surface area contributed by atoms with Gasteiger partial charge in [0.25, 0.3) is 5.91 Å². The minimum Gasteiger partial charge on any atom is -0.480 e. The van der Waals surface area contributed by atoms with Crippen molar-refractivity contribution in [2.45, 2.75) is 32.1 Å². The van der Waals surface area contributed by atoms with Gasteiger partial charge in [-0.2, -0.15) is 11.8 Å². The van der Waals surface area contributed by atoms with Gasteiger partial charge in [0.1, 0.15) is 6.04 Å². The van der Waals surface area contributed by atoms with Gasteiger partial charge in [0.15, 0.2) is 0 Å². The maximum Gasteiger partial charge on any atom is 0.326 e. The highest BCUT2D eigenvalue weighted by molar-refractivity contribution is 7.98. The van der Waals surface area contributed by atoms with Crippen molar-refractivity contribution in [3.8, 4) is 11.1 Å². The largest absolute Gasteiger partial charge is 0.480 e. The molecule has 5 nitrogen and oxygen atoms in total. The molecule has 0 saturated carbocycles. The minimum absolute atomic E-state index is 0.370. The molecule has 0 aliphatic carbocycles. The molecule has 0 heterocycles. The highest BCUT2D eigenvalue weighted by Crippen LogP contribution is 2.27. The molecule has 0 spiro atoms. The Morgan fingerprint density at radius 1 is 0.769 bits per heavy atom. The molecule has 200 valence electrons. The maximum absolute atomic E-state index is 13.3. The van der Waals surface area contributed by atoms with Crippen LogP contribution in [0.2, 0.25) is 0 Å². The van der Waals surface area contributed by atoms with E-state index in [1.54, 1.807) is 11.8 Å². The first-order chi connectivity index (χ1) is 19.0. The van der Waals surface area contributed by atoms with E-state index >= 15 is 0 Å². The zero-order valence-electron chi connectivity index (χ0n) is 22.1. The quantitative estimate of drug-likeness (QED) is 0.204. The van der Waals surface area contributed by atoms with Crippen LogP contribution in [0.25, 0.3) is 11.1 Å². The number of carbonyl (C=O) groups excluding carboxylic acids is 1. The smallest absolute Gasteiger partial charge is 0.326 e. The fourth-order valence-electron chi connectivity index (χ4n) is 4.58. The maximum atomic E-state index is 13.3. The van der Waals surface area contributed by atoms with Crippen molar-refractivity contribution in [2.75, 3.05) is 12.0 Å². The van der Waals surface area contributed by atoms with E-state index in [9.17, 15) is 14.7 Å². The molecule has 4 aromatic carbocycles. The first-order valence-corrected chi connectivity index (χ1v) is 14.4. The molecular weight excluding hydrogens is 504 g/mol. The minimum atomic E-state index is -1.02. The molecule has 1 amide bonds. The van der Waals surface area contributed by atoms with Crippen molar-refractivity contribution in [2.24, 2.45) is 0 Å². The number of rotatable bonds is 13. The zero-order valence-corrected chi connectivity index (χ0v) is 22.9. The van der Waals surface area contributed by atoms with Gasteiger partial charge in [-0.05, 0) is 58.4 Å². The van der Waals surface area contributed by atoms with E-state index in [1.165, 1.54) is 11.1 Å². The summed E-state index contributed by atoms with van der Waals surface area (Å²) in [5, 5.41) is 12.4. The lowest BCUT2D eigenvalue weighted by molar-refractivity contribution is -0.139. The zero-order chi connectivity index (χ0) is 27.5. The second-order valence-electron chi connectivity index (χ2n) is 9.51. The third-order valence-corrected chi connectivity index (χ3v) is 7.18. The summed E-state index contributed by atoms with van der Waals surface area (Å²) >= 11 is 1.56. The molecule has 1 atom stereocenters. The van der Waals surface area contributed by atoms with Crippen LogP contribution in [0, 0.1) is 0 Å². The second-order valence-corrected chi connectivity index (χ2v) is 10.5. The van der Waals surface area contributed by atoms with Gasteiger partial charge in [-0.1, -0.05) is 97.1 Å². The van der Waals surface area contributed by atoms with Crippen LogP contribution in [-0.2, 0) is 24.4 Å². The van der Waals surface area contributed by atoms with Crippen molar-refractivity contribution in [1.82, 2.24) is 10.2 Å². The SMILES string of the molecule is CSCC[C@H](NC(=O)c1ccc(CN(Cc2ccccc2)Cc2ccccc2)cc1-c1ccccc1)C(=O)O. The third-order valence-electron chi connectivity index (χ3n) is 6.53. The average molecular weight is 539 g/mol. The van der Waals surface area contributed by atoms with E-state index in [1.807, 2.05) is 60.9 Å². The number of aliphatic carboxylic acids is 1. The highest BCUT2D eigenvalue weighted by atomic mass is 32.2. The molecule has 4 aromatic rings. The fourth-order valence-corrected chi connectivity index (χ4v) is 5.05. The standard InChI is InChI=1S/C33H34N2O3S/c1-39-20-19-31(33(37)38)34-32(36)29-18-17-27(21-30(29)28-15-9-4-10-16-28)24-35(22-25-11-5-2-6-12-25)23-26-13-7-3-8-14-26/h2-18,21,31H,19-20,22-24H2,1H3,(H,34,36)(H,37,38)/t31-/m0/s1. The van der Waals surface area contributed by atoms with Crippen LogP contribution >= 0.6 is 11.8 Å². The normalized spacial score (nSPS) is 11.7. The first kappa shape index (κ1) is 28.1. The monoisotopic (exact) mass is 538 g/mol. The molecule has 4 rings (SSSR count). The van der Waals surface area contributed by atoms with Gasteiger partial charge in [0.05, 0.1) is 0 Å². The Morgan fingerprint density at radius 3 is 1.85 bits per heavy atom. The molecular formula is C33H34N2O3S. The summed E-state index contributed by atoms with van der Waals surface area (Å²) in [6.45, 7) is 2.26. The highest BCUT2D eigenvalue weighted by Gasteiger charge is 2.22. The van der Waals surface area contributed by atoms with E-state index in [0.29, 0.717) is 24.3 Å². The average Bonchev–Trinajstić information content (AvgIpc) is 2.96. The van der Waals surface area contributed by atoms with Crippen LogP contribution < -0.4 is 5.32 Å². The summed E-state index contributed by atoms with van der Waals surface area (Å²) in [6.07, 6.45) is 2.29. The van der Waals surface area contributed by atoms with Crippen molar-refractivity contribution >= 4 is 23.6 Å². The van der Waals surface area contributed by atoms with E-state index < -0.39 is 12.0 Å². The van der Waals surface area contributed by atoms with Crippen molar-refractivity contribution in [3.05, 3.63) is 131 Å². The first-order valence-electron chi connectivity index (χ1n) is 13.0. The summed E-state index contributed by atoms with van der Waals surface area (Å²) in [5.41, 5.74) is 5.72. The Balaban J connectivity index is 1.63. The summed E-state index contributed by atoms with van der Waals surface area (Å²) in [5.74, 6) is -0.743. The van der Waals surface area contributed by atoms with E-state index in [4.69, 9.17) is 0 Å². The Kier molecular flexibility index (Phi) is 10.3. The Morgan fingerprint density at radius 2 is 1.31 bits per heavy atom. The van der Waals surface area contributed by atoms with Gasteiger partial charge in [0.2, 0.25) is 0 Å². The van der Waals surface area contributed by atoms with Crippen LogP contribution in [-0.4, -0.2) is 39.9 Å². The van der Waals surface area contributed by atoms with Gasteiger partial charge >= 0.3 is 5.97 Å². The fraction of sp³-hybridized carbons (Fsp3) is 0.212. The predicted octanol–water partition coefficient (Wildman–Crippen LogP) is 6.49. The number of nitrogens with zero attached hydrogens (tertiary/aromatic N) is 1. The molecule has 0 aliphatic heterocycles. The third kappa shape index (κ3) is 8.31. The molecule has 0 unspecified atom stereocenters. The summed E-state index contributed by atoms with van der Waals surface area (Å²) in [6, 6.07) is 35.5. The number of hydrogen-bond acceptors (Lipinski definition) is 4. The number of hydrogen-bond donors (Lipinski definition) is 2. The molecule has 0 fully saturated rings. The van der Waals surface area contributed by atoms with Crippen LogP contribution in [0.4, 0.5) is 0 Å². The number of carboxylic acid groups (broad SMARTS) is 1. The Bertz CT molecular complexity index is 1310. The van der Waals surface area contributed by atoms with Crippen LogP contribution in [0.5, 0.6) is 0 Å². The lowest BCUT2D eigenvalue weighted by atomic mass is 9.96. The van der Waals surface area contributed by atoms with Gasteiger partial charge in [-0.15, -0.1) is 0 Å². The summed E-state index contributed by atoms with van der Waals surface area (Å²) in [7, 11) is 0. The van der Waals surface area contributed by atoms with E-state index in [0.717, 1.165) is 29.8 Å². The number of benzene rings is 4. The summed E-state index contributed by atoms with van der Waals surface area (Å²) in [4.78, 5) is 27.5. The van der Waals surface area contributed by atoms with Crippen molar-refractivity contribution in [1.29, 1.82) is 0 Å². The van der Waals surface area contributed by atoms with Gasteiger partial charge in [-0.25, -0.2) is 4.79 Å².